The number of carbonyl (C=O) groups excluding carboxylic acids is 1. The number of benzene rings is 1. The number of halogens is 1. The predicted octanol–water partition coefficient (Wildman–Crippen LogP) is 2.31. The zero-order valence-electron chi connectivity index (χ0n) is 10.5. The molecule has 3 N–H and O–H groups in total. The molecule has 1 atom stereocenters. The fourth-order valence-electron chi connectivity index (χ4n) is 1.88. The van der Waals surface area contributed by atoms with Crippen LogP contribution < -0.4 is 11.1 Å². The lowest BCUT2D eigenvalue weighted by molar-refractivity contribution is -0.119. The van der Waals surface area contributed by atoms with Gasteiger partial charge in [-0.3, -0.25) is 4.79 Å². The largest absolute Gasteiger partial charge is 0.398 e. The van der Waals surface area contributed by atoms with Crippen molar-refractivity contribution in [2.45, 2.75) is 23.8 Å². The van der Waals surface area contributed by atoms with E-state index in [1.54, 1.807) is 12.1 Å². The predicted molar refractivity (Wildman–Crippen MR) is 78.6 cm³/mol. The third-order valence-corrected chi connectivity index (χ3v) is 4.21. The topological polar surface area (TPSA) is 64.4 Å². The normalized spacial score (nSPS) is 18.5. The third kappa shape index (κ3) is 4.60. The highest BCUT2D eigenvalue weighted by atomic mass is 35.5. The molecule has 1 unspecified atom stereocenters. The summed E-state index contributed by atoms with van der Waals surface area (Å²) in [5, 5.41) is 3.48. The molecule has 0 radical (unpaired) electrons. The molecule has 4 nitrogen and oxygen atoms in total. The van der Waals surface area contributed by atoms with Crippen molar-refractivity contribution in [1.29, 1.82) is 0 Å². The molecular formula is C13H17ClN2O2S. The van der Waals surface area contributed by atoms with Gasteiger partial charge in [0.05, 0.1) is 11.9 Å². The minimum absolute atomic E-state index is 0.00477. The third-order valence-electron chi connectivity index (χ3n) is 2.88. The molecule has 0 saturated carbocycles. The van der Waals surface area contributed by atoms with E-state index in [4.69, 9.17) is 22.1 Å². The van der Waals surface area contributed by atoms with Gasteiger partial charge in [0.25, 0.3) is 0 Å². The molecule has 6 heteroatoms. The molecule has 0 bridgehead atoms. The smallest absolute Gasteiger partial charge is 0.230 e. The Morgan fingerprint density at radius 2 is 2.42 bits per heavy atom. The van der Waals surface area contributed by atoms with Crippen molar-refractivity contribution in [3.63, 3.8) is 0 Å². The monoisotopic (exact) mass is 300 g/mol. The number of nitrogens with two attached hydrogens (primary N) is 1. The van der Waals surface area contributed by atoms with Crippen LogP contribution in [0.25, 0.3) is 0 Å². The van der Waals surface area contributed by atoms with E-state index in [2.05, 4.69) is 5.32 Å². The molecule has 0 aromatic heterocycles. The fraction of sp³-hybridized carbons (Fsp3) is 0.462. The van der Waals surface area contributed by atoms with Crippen LogP contribution in [-0.2, 0) is 9.53 Å². The standard InChI is InChI=1S/C13H17ClN2O2S/c14-9-3-4-12(11(15)6-9)19-8-13(17)16-7-10-2-1-5-18-10/h3-4,6,10H,1-2,5,7-8,15H2,(H,16,17). The summed E-state index contributed by atoms with van der Waals surface area (Å²) in [6, 6.07) is 5.29. The molecule has 19 heavy (non-hydrogen) atoms. The number of hydrogen-bond donors (Lipinski definition) is 2. The van der Waals surface area contributed by atoms with E-state index in [9.17, 15) is 4.79 Å². The summed E-state index contributed by atoms with van der Waals surface area (Å²) in [7, 11) is 0. The van der Waals surface area contributed by atoms with Gasteiger partial charge in [0.1, 0.15) is 0 Å². The Hall–Kier alpha value is -0.910. The van der Waals surface area contributed by atoms with Crippen LogP contribution in [-0.4, -0.2) is 30.9 Å². The van der Waals surface area contributed by atoms with Crippen molar-refractivity contribution in [3.8, 4) is 0 Å². The van der Waals surface area contributed by atoms with E-state index in [1.165, 1.54) is 11.8 Å². The number of hydrogen-bond acceptors (Lipinski definition) is 4. The maximum absolute atomic E-state index is 11.7. The van der Waals surface area contributed by atoms with Crippen LogP contribution in [0.3, 0.4) is 0 Å². The summed E-state index contributed by atoms with van der Waals surface area (Å²) in [5.74, 6) is 0.341. The SMILES string of the molecule is Nc1cc(Cl)ccc1SCC(=O)NCC1CCCO1. The van der Waals surface area contributed by atoms with Crippen molar-refractivity contribution in [1.82, 2.24) is 5.32 Å². The maximum atomic E-state index is 11.7. The highest BCUT2D eigenvalue weighted by molar-refractivity contribution is 8.00. The van der Waals surface area contributed by atoms with Gasteiger partial charge < -0.3 is 15.8 Å². The minimum atomic E-state index is -0.00477. The molecule has 1 aromatic rings. The molecule has 2 rings (SSSR count). The second-order valence-electron chi connectivity index (χ2n) is 4.41. The number of rotatable bonds is 5. The van der Waals surface area contributed by atoms with E-state index in [0.717, 1.165) is 24.3 Å². The molecule has 0 aliphatic carbocycles. The van der Waals surface area contributed by atoms with Crippen LogP contribution in [0.2, 0.25) is 5.02 Å². The van der Waals surface area contributed by atoms with Crippen LogP contribution in [0.1, 0.15) is 12.8 Å². The number of ether oxygens (including phenoxy) is 1. The Kier molecular flexibility index (Phi) is 5.36. The number of nitrogens with one attached hydrogen (secondary N) is 1. The maximum Gasteiger partial charge on any atom is 0.230 e. The van der Waals surface area contributed by atoms with Crippen molar-refractivity contribution >= 4 is 35.0 Å². The first-order chi connectivity index (χ1) is 9.15. The van der Waals surface area contributed by atoms with Gasteiger partial charge in [-0.05, 0) is 31.0 Å². The zero-order chi connectivity index (χ0) is 13.7. The Labute approximate surface area is 122 Å². The lowest BCUT2D eigenvalue weighted by atomic mass is 10.2. The summed E-state index contributed by atoms with van der Waals surface area (Å²) in [6.45, 7) is 1.39. The summed E-state index contributed by atoms with van der Waals surface area (Å²) in [6.07, 6.45) is 2.28. The van der Waals surface area contributed by atoms with E-state index in [0.29, 0.717) is 23.0 Å². The van der Waals surface area contributed by atoms with Crippen LogP contribution in [0.4, 0.5) is 5.69 Å². The van der Waals surface area contributed by atoms with Crippen LogP contribution in [0, 0.1) is 0 Å². The van der Waals surface area contributed by atoms with Crippen molar-refractivity contribution in [2.24, 2.45) is 0 Å². The first-order valence-electron chi connectivity index (χ1n) is 6.21. The van der Waals surface area contributed by atoms with Gasteiger partial charge in [-0.15, -0.1) is 11.8 Å². The fourth-order valence-corrected chi connectivity index (χ4v) is 2.84. The molecule has 1 aliphatic rings. The van der Waals surface area contributed by atoms with Gasteiger partial charge in [-0.25, -0.2) is 0 Å². The van der Waals surface area contributed by atoms with Gasteiger partial charge in [-0.1, -0.05) is 11.6 Å². The van der Waals surface area contributed by atoms with Crippen molar-refractivity contribution in [3.05, 3.63) is 23.2 Å². The first-order valence-corrected chi connectivity index (χ1v) is 7.57. The molecule has 0 spiro atoms. The Bertz CT molecular complexity index is 450. The lowest BCUT2D eigenvalue weighted by Gasteiger charge is -2.11. The Balaban J connectivity index is 1.73. The number of anilines is 1. The number of carbonyl (C=O) groups is 1. The summed E-state index contributed by atoms with van der Waals surface area (Å²) in [4.78, 5) is 12.6. The Morgan fingerprint density at radius 3 is 3.11 bits per heavy atom. The van der Waals surface area contributed by atoms with Gasteiger partial charge in [-0.2, -0.15) is 0 Å². The molecule has 104 valence electrons. The van der Waals surface area contributed by atoms with Crippen LogP contribution in [0.5, 0.6) is 0 Å². The molecular weight excluding hydrogens is 284 g/mol. The number of thioether (sulfide) groups is 1. The highest BCUT2D eigenvalue weighted by Gasteiger charge is 2.16. The average Bonchev–Trinajstić information content (AvgIpc) is 2.88. The van der Waals surface area contributed by atoms with Gasteiger partial charge in [0.2, 0.25) is 5.91 Å². The molecule has 1 amide bonds. The summed E-state index contributed by atoms with van der Waals surface area (Å²) in [5.41, 5.74) is 6.43. The number of amides is 1. The van der Waals surface area contributed by atoms with Crippen molar-refractivity contribution < 1.29 is 9.53 Å². The molecule has 1 saturated heterocycles. The van der Waals surface area contributed by atoms with Gasteiger partial charge in [0, 0.05) is 28.8 Å². The second kappa shape index (κ2) is 7.03. The summed E-state index contributed by atoms with van der Waals surface area (Å²) < 4.78 is 5.44. The molecule has 1 heterocycles. The summed E-state index contributed by atoms with van der Waals surface area (Å²) >= 11 is 7.23. The van der Waals surface area contributed by atoms with Gasteiger partial charge in [0.15, 0.2) is 0 Å². The van der Waals surface area contributed by atoms with Crippen LogP contribution in [0.15, 0.2) is 23.1 Å². The minimum Gasteiger partial charge on any atom is -0.398 e. The number of nitrogen functional groups attached to an aromatic ring is 1. The Morgan fingerprint density at radius 1 is 1.58 bits per heavy atom. The highest BCUT2D eigenvalue weighted by Crippen LogP contribution is 2.27. The molecule has 1 aliphatic heterocycles. The van der Waals surface area contributed by atoms with Gasteiger partial charge >= 0.3 is 0 Å². The zero-order valence-corrected chi connectivity index (χ0v) is 12.1. The first kappa shape index (κ1) is 14.5. The van der Waals surface area contributed by atoms with Crippen LogP contribution >= 0.6 is 23.4 Å². The van der Waals surface area contributed by atoms with E-state index in [1.807, 2.05) is 6.07 Å². The molecule has 1 fully saturated rings. The lowest BCUT2D eigenvalue weighted by Crippen LogP contribution is -2.32. The molecule has 1 aromatic carbocycles. The van der Waals surface area contributed by atoms with Crippen molar-refractivity contribution in [2.75, 3.05) is 24.6 Å². The quantitative estimate of drug-likeness (QED) is 0.647. The van der Waals surface area contributed by atoms with E-state index < -0.39 is 0 Å². The average molecular weight is 301 g/mol. The second-order valence-corrected chi connectivity index (χ2v) is 5.86. The van der Waals surface area contributed by atoms with E-state index >= 15 is 0 Å². The van der Waals surface area contributed by atoms with E-state index in [-0.39, 0.29) is 12.0 Å².